The summed E-state index contributed by atoms with van der Waals surface area (Å²) in [6.07, 6.45) is 0. The minimum Gasteiger partial charge on any atom is -0.378 e. The number of aromatic nitrogens is 2. The number of methoxy groups -OCH3 is 1. The van der Waals surface area contributed by atoms with E-state index in [4.69, 9.17) is 9.47 Å². The van der Waals surface area contributed by atoms with E-state index < -0.39 is 11.7 Å². The molecule has 1 aliphatic heterocycles. The van der Waals surface area contributed by atoms with Gasteiger partial charge >= 0.3 is 0 Å². The molecule has 1 amide bonds. The molecule has 8 nitrogen and oxygen atoms in total. The van der Waals surface area contributed by atoms with Crippen LogP contribution in [-0.4, -0.2) is 48.9 Å². The van der Waals surface area contributed by atoms with Gasteiger partial charge < -0.3 is 19.7 Å². The molecule has 150 valence electrons. The van der Waals surface area contributed by atoms with Gasteiger partial charge in [-0.1, -0.05) is 15.9 Å². The Hall–Kier alpha value is -2.30. The second-order valence-corrected chi connectivity index (χ2v) is 7.09. The van der Waals surface area contributed by atoms with Crippen LogP contribution in [0.2, 0.25) is 0 Å². The number of halogens is 2. The van der Waals surface area contributed by atoms with Crippen molar-refractivity contribution >= 4 is 33.5 Å². The number of rotatable bonds is 6. The molecule has 0 unspecified atom stereocenters. The number of carbonyl (C=O) groups excluding carboxylic acids is 1. The maximum absolute atomic E-state index is 14.0. The Morgan fingerprint density at radius 3 is 2.79 bits per heavy atom. The number of nitrogens with one attached hydrogen (secondary N) is 1. The van der Waals surface area contributed by atoms with E-state index in [0.717, 1.165) is 0 Å². The summed E-state index contributed by atoms with van der Waals surface area (Å²) in [4.78, 5) is 31.5. The smallest absolute Gasteiger partial charge is 0.255 e. The molecule has 0 radical (unpaired) electrons. The standard InChI is InChI=1S/C18H20BrFN4O4/c1-27-11-13-9-17(26)24(18(21-13)23-4-6-28-7-5-23)10-16(25)22-15-3-2-12(19)8-14(15)20/h2-3,8-9H,4-7,10-11H2,1H3,(H,22,25). The van der Waals surface area contributed by atoms with Gasteiger partial charge in [-0.3, -0.25) is 14.2 Å². The first kappa shape index (κ1) is 20.4. The molecule has 0 atom stereocenters. The summed E-state index contributed by atoms with van der Waals surface area (Å²) in [7, 11) is 1.52. The molecule has 0 saturated carbocycles. The Kier molecular flexibility index (Phi) is 6.76. The third-order valence-corrected chi connectivity index (χ3v) is 4.63. The van der Waals surface area contributed by atoms with E-state index in [1.807, 2.05) is 4.90 Å². The van der Waals surface area contributed by atoms with E-state index in [1.165, 1.54) is 29.9 Å². The fourth-order valence-corrected chi connectivity index (χ4v) is 3.17. The zero-order chi connectivity index (χ0) is 20.1. The fourth-order valence-electron chi connectivity index (χ4n) is 2.84. The van der Waals surface area contributed by atoms with Crippen LogP contribution in [0.3, 0.4) is 0 Å². The average molecular weight is 455 g/mol. The highest BCUT2D eigenvalue weighted by atomic mass is 79.9. The molecule has 28 heavy (non-hydrogen) atoms. The number of carbonyl (C=O) groups is 1. The normalized spacial score (nSPS) is 14.2. The molecular weight excluding hydrogens is 435 g/mol. The topological polar surface area (TPSA) is 85.7 Å². The van der Waals surface area contributed by atoms with Crippen LogP contribution in [0.4, 0.5) is 16.0 Å². The monoisotopic (exact) mass is 454 g/mol. The van der Waals surface area contributed by atoms with Gasteiger partial charge in [0.15, 0.2) is 0 Å². The third kappa shape index (κ3) is 4.94. The van der Waals surface area contributed by atoms with E-state index in [1.54, 1.807) is 6.07 Å². The van der Waals surface area contributed by atoms with Crippen molar-refractivity contribution in [2.24, 2.45) is 0 Å². The zero-order valence-electron chi connectivity index (χ0n) is 15.3. The van der Waals surface area contributed by atoms with E-state index >= 15 is 0 Å². The van der Waals surface area contributed by atoms with Gasteiger partial charge in [0.05, 0.1) is 31.2 Å². The molecule has 3 rings (SSSR count). The Morgan fingerprint density at radius 2 is 2.11 bits per heavy atom. The van der Waals surface area contributed by atoms with Crippen molar-refractivity contribution in [2.75, 3.05) is 43.6 Å². The van der Waals surface area contributed by atoms with E-state index in [2.05, 4.69) is 26.2 Å². The van der Waals surface area contributed by atoms with E-state index in [9.17, 15) is 14.0 Å². The van der Waals surface area contributed by atoms with Gasteiger partial charge in [0.1, 0.15) is 12.4 Å². The SMILES string of the molecule is COCc1cc(=O)n(CC(=O)Nc2ccc(Br)cc2F)c(N2CCOCC2)n1. The first-order valence-corrected chi connectivity index (χ1v) is 9.44. The Labute approximate surface area is 169 Å². The number of amides is 1. The first-order valence-electron chi connectivity index (χ1n) is 8.65. The number of ether oxygens (including phenoxy) is 2. The first-order chi connectivity index (χ1) is 13.5. The van der Waals surface area contributed by atoms with Crippen LogP contribution in [0, 0.1) is 5.82 Å². The Morgan fingerprint density at radius 1 is 1.36 bits per heavy atom. The highest BCUT2D eigenvalue weighted by Crippen LogP contribution is 2.19. The van der Waals surface area contributed by atoms with Crippen molar-refractivity contribution in [2.45, 2.75) is 13.2 Å². The van der Waals surface area contributed by atoms with Crippen LogP contribution >= 0.6 is 15.9 Å². The summed E-state index contributed by atoms with van der Waals surface area (Å²) in [5.74, 6) is -0.731. The molecule has 1 aromatic carbocycles. The lowest BCUT2D eigenvalue weighted by molar-refractivity contribution is -0.116. The van der Waals surface area contributed by atoms with Gasteiger partial charge in [-0.2, -0.15) is 0 Å². The number of anilines is 2. The van der Waals surface area contributed by atoms with Gasteiger partial charge in [-0.15, -0.1) is 0 Å². The maximum Gasteiger partial charge on any atom is 0.255 e. The summed E-state index contributed by atoms with van der Waals surface area (Å²) in [6, 6.07) is 5.65. The number of benzene rings is 1. The zero-order valence-corrected chi connectivity index (χ0v) is 16.9. The van der Waals surface area contributed by atoms with Gasteiger partial charge in [0.2, 0.25) is 11.9 Å². The van der Waals surface area contributed by atoms with Crippen molar-refractivity contribution < 1.29 is 18.7 Å². The summed E-state index contributed by atoms with van der Waals surface area (Å²) < 4.78 is 26.2. The van der Waals surface area contributed by atoms with Crippen LogP contribution in [0.25, 0.3) is 0 Å². The van der Waals surface area contributed by atoms with E-state index in [-0.39, 0.29) is 24.4 Å². The van der Waals surface area contributed by atoms with Crippen molar-refractivity contribution in [1.82, 2.24) is 9.55 Å². The number of hydrogen-bond donors (Lipinski definition) is 1. The van der Waals surface area contributed by atoms with Crippen molar-refractivity contribution in [3.8, 4) is 0 Å². The van der Waals surface area contributed by atoms with Crippen molar-refractivity contribution in [1.29, 1.82) is 0 Å². The lowest BCUT2D eigenvalue weighted by Crippen LogP contribution is -2.42. The molecule has 1 aromatic heterocycles. The number of nitrogens with zero attached hydrogens (tertiary/aromatic N) is 3. The van der Waals surface area contributed by atoms with Crippen LogP contribution in [0.15, 0.2) is 33.5 Å². The average Bonchev–Trinajstić information content (AvgIpc) is 2.67. The largest absolute Gasteiger partial charge is 0.378 e. The van der Waals surface area contributed by atoms with Gasteiger partial charge in [-0.05, 0) is 18.2 Å². The predicted molar refractivity (Wildman–Crippen MR) is 105 cm³/mol. The minimum atomic E-state index is -0.572. The summed E-state index contributed by atoms with van der Waals surface area (Å²) in [6.45, 7) is 1.99. The molecular formula is C18H20BrFN4O4. The van der Waals surface area contributed by atoms with Gasteiger partial charge in [0.25, 0.3) is 5.56 Å². The maximum atomic E-state index is 14.0. The van der Waals surface area contributed by atoms with Crippen molar-refractivity contribution in [3.63, 3.8) is 0 Å². The van der Waals surface area contributed by atoms with E-state index in [0.29, 0.717) is 42.4 Å². The molecule has 1 N–H and O–H groups in total. The molecule has 1 fully saturated rings. The molecule has 2 heterocycles. The second kappa shape index (κ2) is 9.26. The predicted octanol–water partition coefficient (Wildman–Crippen LogP) is 1.77. The second-order valence-electron chi connectivity index (χ2n) is 6.18. The lowest BCUT2D eigenvalue weighted by Gasteiger charge is -2.29. The highest BCUT2D eigenvalue weighted by molar-refractivity contribution is 9.10. The lowest BCUT2D eigenvalue weighted by atomic mass is 10.3. The number of morpholine rings is 1. The number of hydrogen-bond acceptors (Lipinski definition) is 6. The summed E-state index contributed by atoms with van der Waals surface area (Å²) >= 11 is 3.17. The quantitative estimate of drug-likeness (QED) is 0.715. The van der Waals surface area contributed by atoms with Crippen molar-refractivity contribution in [3.05, 3.63) is 50.6 Å². The molecule has 1 aliphatic rings. The molecule has 0 bridgehead atoms. The molecule has 0 spiro atoms. The Bertz CT molecular complexity index is 915. The fraction of sp³-hybridized carbons (Fsp3) is 0.389. The molecule has 1 saturated heterocycles. The summed E-state index contributed by atoms with van der Waals surface area (Å²) in [5, 5.41) is 2.49. The Balaban J connectivity index is 1.86. The molecule has 0 aliphatic carbocycles. The van der Waals surface area contributed by atoms with Gasteiger partial charge in [-0.25, -0.2) is 9.37 Å². The van der Waals surface area contributed by atoms with Crippen LogP contribution in [-0.2, 0) is 27.4 Å². The van der Waals surface area contributed by atoms with Crippen LogP contribution in [0.1, 0.15) is 5.69 Å². The van der Waals surface area contributed by atoms with Crippen LogP contribution in [0.5, 0.6) is 0 Å². The molecule has 2 aromatic rings. The minimum absolute atomic E-state index is 0.0399. The third-order valence-electron chi connectivity index (χ3n) is 4.13. The summed E-state index contributed by atoms with van der Waals surface area (Å²) in [5.41, 5.74) is 0.137. The van der Waals surface area contributed by atoms with Gasteiger partial charge in [0, 0.05) is 30.7 Å². The molecule has 10 heteroatoms. The highest BCUT2D eigenvalue weighted by Gasteiger charge is 2.20. The van der Waals surface area contributed by atoms with Crippen LogP contribution < -0.4 is 15.8 Å².